The van der Waals surface area contributed by atoms with Crippen LogP contribution in [-0.4, -0.2) is 44.8 Å². The summed E-state index contributed by atoms with van der Waals surface area (Å²) < 4.78 is 5.67. The number of rotatable bonds is 6. The van der Waals surface area contributed by atoms with Crippen molar-refractivity contribution >= 4 is 37.8 Å². The van der Waals surface area contributed by atoms with Gasteiger partial charge in [-0.1, -0.05) is 0 Å². The zero-order valence-corrected chi connectivity index (χ0v) is 15.0. The molecule has 0 atom stereocenters. The van der Waals surface area contributed by atoms with E-state index in [0.717, 1.165) is 0 Å². The van der Waals surface area contributed by atoms with Gasteiger partial charge in [0.25, 0.3) is 0 Å². The summed E-state index contributed by atoms with van der Waals surface area (Å²) in [7, 11) is 0. The minimum absolute atomic E-state index is 0.105. The van der Waals surface area contributed by atoms with Crippen molar-refractivity contribution in [2.75, 3.05) is 6.54 Å². The van der Waals surface area contributed by atoms with Gasteiger partial charge in [0.1, 0.15) is 0 Å². The van der Waals surface area contributed by atoms with Gasteiger partial charge in [0.05, 0.1) is 0 Å². The molecule has 0 saturated heterocycles. The number of nitro benzene ring substituents is 1. The average molecular weight is 384 g/mol. The van der Waals surface area contributed by atoms with Crippen molar-refractivity contribution < 1.29 is 19.2 Å². The predicted octanol–water partition coefficient (Wildman–Crippen LogP) is 0.966. The Kier molecular flexibility index (Phi) is 6.57. The first kappa shape index (κ1) is 19.0. The maximum atomic E-state index is 11.5. The Balaban J connectivity index is 2.60. The number of nitrogens with two attached hydrogens (primary N) is 1. The third-order valence-corrected chi connectivity index (χ3v) is 4.97. The van der Waals surface area contributed by atoms with Crippen LogP contribution < -0.4 is 15.4 Å². The van der Waals surface area contributed by atoms with E-state index in [1.165, 1.54) is 12.1 Å². The molecule has 0 aromatic heterocycles. The zero-order chi connectivity index (χ0) is 17.6. The molecule has 0 spiro atoms. The fourth-order valence-electron chi connectivity index (χ4n) is 1.61. The van der Waals surface area contributed by atoms with Crippen LogP contribution in [-0.2, 0) is 4.74 Å². The van der Waals surface area contributed by atoms with Gasteiger partial charge in [0.2, 0.25) is 0 Å². The first-order valence-corrected chi connectivity index (χ1v) is 9.09. The van der Waals surface area contributed by atoms with Crippen LogP contribution >= 0.6 is 0 Å². The molecule has 2 amide bonds. The van der Waals surface area contributed by atoms with Gasteiger partial charge in [0, 0.05) is 0 Å². The van der Waals surface area contributed by atoms with Crippen molar-refractivity contribution in [3.8, 4) is 0 Å². The van der Waals surface area contributed by atoms with E-state index in [1.807, 2.05) is 0 Å². The molecule has 1 radical (unpaired) electrons. The monoisotopic (exact) mass is 384 g/mol. The SMILES string of the molecule is CC(C)(C)OC(=O)NCC[As]c1ccc(C(N)=O)cc1[N+](=O)[O-]. The zero-order valence-electron chi connectivity index (χ0n) is 13.2. The van der Waals surface area contributed by atoms with E-state index in [0.29, 0.717) is 16.1 Å². The van der Waals surface area contributed by atoms with Crippen molar-refractivity contribution in [3.05, 3.63) is 33.9 Å². The van der Waals surface area contributed by atoms with Gasteiger partial charge in [-0.3, -0.25) is 0 Å². The molecule has 0 saturated carbocycles. The van der Waals surface area contributed by atoms with E-state index in [-0.39, 0.29) is 11.3 Å². The number of nitro groups is 1. The summed E-state index contributed by atoms with van der Waals surface area (Å²) in [6, 6.07) is 4.21. The van der Waals surface area contributed by atoms with Crippen molar-refractivity contribution in [2.24, 2.45) is 5.73 Å². The van der Waals surface area contributed by atoms with E-state index in [2.05, 4.69) is 5.32 Å². The van der Waals surface area contributed by atoms with E-state index in [4.69, 9.17) is 10.5 Å². The number of hydrogen-bond acceptors (Lipinski definition) is 5. The number of carbonyl (C=O) groups is 2. The van der Waals surface area contributed by atoms with E-state index >= 15 is 0 Å². The van der Waals surface area contributed by atoms with Crippen LogP contribution in [0.3, 0.4) is 0 Å². The number of hydrogen-bond donors (Lipinski definition) is 2. The fraction of sp³-hybridized carbons (Fsp3) is 0.429. The van der Waals surface area contributed by atoms with Crippen LogP contribution in [0.5, 0.6) is 0 Å². The van der Waals surface area contributed by atoms with Crippen LogP contribution in [0.15, 0.2) is 18.2 Å². The molecule has 0 heterocycles. The van der Waals surface area contributed by atoms with Crippen LogP contribution in [0.4, 0.5) is 10.5 Å². The fourth-order valence-corrected chi connectivity index (χ4v) is 3.60. The molecule has 23 heavy (non-hydrogen) atoms. The Morgan fingerprint density at radius 1 is 1.39 bits per heavy atom. The number of alkyl carbamates (subject to hydrolysis) is 1. The number of amides is 2. The van der Waals surface area contributed by atoms with Crippen LogP contribution in [0.2, 0.25) is 5.21 Å². The van der Waals surface area contributed by atoms with Gasteiger partial charge in [-0.2, -0.15) is 0 Å². The number of ether oxygens (including phenoxy) is 1. The van der Waals surface area contributed by atoms with Gasteiger partial charge >= 0.3 is 140 Å². The van der Waals surface area contributed by atoms with E-state index < -0.39 is 38.3 Å². The van der Waals surface area contributed by atoms with E-state index in [9.17, 15) is 19.7 Å². The second-order valence-electron chi connectivity index (χ2n) is 5.64. The summed E-state index contributed by atoms with van der Waals surface area (Å²) >= 11 is -0.533. The summed E-state index contributed by atoms with van der Waals surface area (Å²) in [6.07, 6.45) is -0.516. The summed E-state index contributed by atoms with van der Waals surface area (Å²) in [6.45, 7) is 5.66. The standard InChI is InChI=1S/C14H19AsN3O5/c1-14(2,3)23-13(20)17-7-6-15-10-5-4-9(12(16)19)8-11(10)18(21)22/h4-5,8H,6-7H2,1-3H3,(H2,16,19)(H,17,20). The third-order valence-electron chi connectivity index (χ3n) is 2.52. The summed E-state index contributed by atoms with van der Waals surface area (Å²) in [5.41, 5.74) is 4.55. The Labute approximate surface area is 140 Å². The van der Waals surface area contributed by atoms with Gasteiger partial charge in [0.15, 0.2) is 0 Å². The molecule has 8 nitrogen and oxygen atoms in total. The number of carbonyl (C=O) groups excluding carboxylic acids is 2. The Morgan fingerprint density at radius 3 is 2.57 bits per heavy atom. The average Bonchev–Trinajstić information content (AvgIpc) is 2.41. The topological polar surface area (TPSA) is 125 Å². The van der Waals surface area contributed by atoms with Crippen molar-refractivity contribution in [2.45, 2.75) is 31.6 Å². The van der Waals surface area contributed by atoms with Crippen LogP contribution in [0, 0.1) is 10.1 Å². The molecule has 9 heteroatoms. The Hall–Kier alpha value is -2.08. The Morgan fingerprint density at radius 2 is 2.04 bits per heavy atom. The molecule has 1 aromatic rings. The maximum absolute atomic E-state index is 11.5. The van der Waals surface area contributed by atoms with Crippen LogP contribution in [0.25, 0.3) is 0 Å². The normalized spacial score (nSPS) is 11.4. The van der Waals surface area contributed by atoms with Crippen molar-refractivity contribution in [1.82, 2.24) is 5.32 Å². The van der Waals surface area contributed by atoms with Crippen molar-refractivity contribution in [3.63, 3.8) is 0 Å². The Bertz CT molecular complexity index is 613. The van der Waals surface area contributed by atoms with Gasteiger partial charge < -0.3 is 0 Å². The molecule has 0 aliphatic rings. The van der Waals surface area contributed by atoms with Crippen molar-refractivity contribution in [1.29, 1.82) is 0 Å². The second kappa shape index (κ2) is 7.96. The van der Waals surface area contributed by atoms with E-state index in [1.54, 1.807) is 26.8 Å². The summed E-state index contributed by atoms with van der Waals surface area (Å²) in [5.74, 6) is -0.706. The molecule has 0 aliphatic heterocycles. The first-order chi connectivity index (χ1) is 10.6. The molecule has 1 aromatic carbocycles. The molecule has 3 N–H and O–H groups in total. The predicted molar refractivity (Wildman–Crippen MR) is 86.0 cm³/mol. The molecule has 0 aliphatic carbocycles. The number of nitrogens with one attached hydrogen (secondary N) is 1. The molecule has 0 bridgehead atoms. The first-order valence-electron chi connectivity index (χ1n) is 6.83. The van der Waals surface area contributed by atoms with Gasteiger partial charge in [-0.25, -0.2) is 0 Å². The number of nitrogens with zero attached hydrogens (tertiary/aromatic N) is 1. The van der Waals surface area contributed by atoms with Gasteiger partial charge in [-0.05, 0) is 0 Å². The molecule has 0 fully saturated rings. The quantitative estimate of drug-likeness (QED) is 0.327. The van der Waals surface area contributed by atoms with Gasteiger partial charge in [-0.15, -0.1) is 0 Å². The summed E-state index contributed by atoms with van der Waals surface area (Å²) in [5, 5.41) is 14.3. The van der Waals surface area contributed by atoms with Crippen LogP contribution in [0.1, 0.15) is 31.1 Å². The number of benzene rings is 1. The molecular formula is C14H19AsN3O5. The summed E-state index contributed by atoms with van der Waals surface area (Å²) in [4.78, 5) is 33.1. The molecule has 125 valence electrons. The molecular weight excluding hydrogens is 365 g/mol. The second-order valence-corrected chi connectivity index (χ2v) is 8.25. The third kappa shape index (κ3) is 6.69. The molecule has 1 rings (SSSR count). The minimum atomic E-state index is -0.706. The number of primary amides is 1. The molecule has 0 unspecified atom stereocenters.